The number of amides is 1. The molecule has 0 saturated carbocycles. The van der Waals surface area contributed by atoms with Crippen molar-refractivity contribution < 1.29 is 19.4 Å². The van der Waals surface area contributed by atoms with Crippen LogP contribution in [0.1, 0.15) is 32.4 Å². The zero-order valence-electron chi connectivity index (χ0n) is 16.4. The Morgan fingerprint density at radius 3 is 2.46 bits per heavy atom. The first-order valence-corrected chi connectivity index (χ1v) is 12.4. The summed E-state index contributed by atoms with van der Waals surface area (Å²) in [7, 11) is -1.65. The Balaban J connectivity index is 2.32. The first-order chi connectivity index (χ1) is 12.0. The lowest BCUT2D eigenvalue weighted by atomic mass is 10.1. The van der Waals surface area contributed by atoms with E-state index in [1.807, 2.05) is 51.1 Å². The molecule has 5 nitrogen and oxygen atoms in total. The third-order valence-corrected chi connectivity index (χ3v) is 4.58. The molecule has 1 aliphatic heterocycles. The highest BCUT2D eigenvalue weighted by atomic mass is 28.3. The first kappa shape index (κ1) is 20.5. The van der Waals surface area contributed by atoms with Crippen LogP contribution in [0, 0.1) is 11.5 Å². The van der Waals surface area contributed by atoms with Crippen molar-refractivity contribution >= 4 is 14.2 Å². The van der Waals surface area contributed by atoms with Gasteiger partial charge in [-0.05, 0) is 26.3 Å². The topological polar surface area (TPSA) is 59.0 Å². The van der Waals surface area contributed by atoms with Gasteiger partial charge >= 0.3 is 6.09 Å². The van der Waals surface area contributed by atoms with Crippen LogP contribution in [0.2, 0.25) is 19.6 Å². The van der Waals surface area contributed by atoms with Crippen molar-refractivity contribution in [1.82, 2.24) is 4.90 Å². The van der Waals surface area contributed by atoms with E-state index in [1.165, 1.54) is 4.90 Å². The molecule has 0 unspecified atom stereocenters. The number of nitrogens with zero attached hydrogens (tertiary/aromatic N) is 1. The zero-order chi connectivity index (χ0) is 19.5. The molecule has 0 aromatic heterocycles. The summed E-state index contributed by atoms with van der Waals surface area (Å²) in [6.07, 6.45) is -2.44. The van der Waals surface area contributed by atoms with E-state index in [0.29, 0.717) is 6.61 Å². The van der Waals surface area contributed by atoms with Gasteiger partial charge in [-0.25, -0.2) is 4.79 Å². The molecule has 1 N–H and O–H groups in total. The normalized spacial score (nSPS) is 21.7. The summed E-state index contributed by atoms with van der Waals surface area (Å²) in [4.78, 5) is 14.3. The standard InChI is InChI=1S/C20H29NO4Si/c1-20(2,3)25-19(23)21-16(15-10-8-7-9-11-15)14-24-18(21)17(22)12-13-26(4,5)6/h7-11,16-18,22H,14H2,1-6H3/t16-,17-,18+/m0/s1. The third-order valence-electron chi connectivity index (χ3n) is 3.69. The molecule has 2 rings (SSSR count). The molecule has 1 aromatic carbocycles. The molecule has 1 saturated heterocycles. The highest BCUT2D eigenvalue weighted by Crippen LogP contribution is 2.33. The van der Waals surface area contributed by atoms with Gasteiger partial charge in [0.25, 0.3) is 0 Å². The second-order valence-corrected chi connectivity index (χ2v) is 13.3. The number of rotatable bonds is 2. The maximum atomic E-state index is 12.8. The number of hydrogen-bond acceptors (Lipinski definition) is 4. The van der Waals surface area contributed by atoms with Crippen molar-refractivity contribution in [3.8, 4) is 11.5 Å². The molecule has 142 valence electrons. The summed E-state index contributed by atoms with van der Waals surface area (Å²) in [5.74, 6) is 2.88. The van der Waals surface area contributed by atoms with E-state index >= 15 is 0 Å². The van der Waals surface area contributed by atoms with E-state index in [0.717, 1.165) is 5.56 Å². The van der Waals surface area contributed by atoms with Crippen LogP contribution in [-0.4, -0.2) is 48.7 Å². The summed E-state index contributed by atoms with van der Waals surface area (Å²) in [6, 6.07) is 9.30. The minimum Gasteiger partial charge on any atom is -0.444 e. The number of hydrogen-bond donors (Lipinski definition) is 1. The van der Waals surface area contributed by atoms with Crippen molar-refractivity contribution in [2.24, 2.45) is 0 Å². The second kappa shape index (κ2) is 7.83. The average Bonchev–Trinajstić information content (AvgIpc) is 2.96. The van der Waals surface area contributed by atoms with Gasteiger partial charge in [-0.2, -0.15) is 0 Å². The van der Waals surface area contributed by atoms with Crippen LogP contribution >= 0.6 is 0 Å². The van der Waals surface area contributed by atoms with E-state index in [2.05, 4.69) is 31.1 Å². The number of carbonyl (C=O) groups excluding carboxylic acids is 1. The fraction of sp³-hybridized carbons (Fsp3) is 0.550. The van der Waals surface area contributed by atoms with E-state index in [4.69, 9.17) is 9.47 Å². The second-order valence-electron chi connectivity index (χ2n) is 8.50. The van der Waals surface area contributed by atoms with Gasteiger partial charge in [0.15, 0.2) is 12.3 Å². The van der Waals surface area contributed by atoms with Crippen LogP contribution in [0.4, 0.5) is 4.79 Å². The van der Waals surface area contributed by atoms with Crippen LogP contribution in [0.25, 0.3) is 0 Å². The Hall–Kier alpha value is -1.81. The van der Waals surface area contributed by atoms with Crippen LogP contribution in [0.3, 0.4) is 0 Å². The molecule has 1 aliphatic rings. The van der Waals surface area contributed by atoms with Gasteiger partial charge < -0.3 is 14.6 Å². The Morgan fingerprint density at radius 1 is 1.31 bits per heavy atom. The summed E-state index contributed by atoms with van der Waals surface area (Å²) < 4.78 is 11.3. The number of aliphatic hydroxyl groups is 1. The quantitative estimate of drug-likeness (QED) is 0.634. The predicted octanol–water partition coefficient (Wildman–Crippen LogP) is 3.56. The van der Waals surface area contributed by atoms with Gasteiger partial charge in [-0.15, -0.1) is 5.54 Å². The molecule has 3 atom stereocenters. The molecule has 1 amide bonds. The minimum absolute atomic E-state index is 0.291. The van der Waals surface area contributed by atoms with E-state index in [9.17, 15) is 9.90 Å². The van der Waals surface area contributed by atoms with Crippen molar-refractivity contribution in [1.29, 1.82) is 0 Å². The van der Waals surface area contributed by atoms with E-state index in [1.54, 1.807) is 0 Å². The highest BCUT2D eigenvalue weighted by Gasteiger charge is 2.44. The van der Waals surface area contributed by atoms with E-state index < -0.39 is 32.1 Å². The van der Waals surface area contributed by atoms with Crippen LogP contribution in [0.5, 0.6) is 0 Å². The molecule has 6 heteroatoms. The Morgan fingerprint density at radius 2 is 1.92 bits per heavy atom. The number of aliphatic hydroxyl groups excluding tert-OH is 1. The fourth-order valence-electron chi connectivity index (χ4n) is 2.61. The van der Waals surface area contributed by atoms with Gasteiger partial charge in [-0.1, -0.05) is 55.9 Å². The maximum absolute atomic E-state index is 12.8. The smallest absolute Gasteiger partial charge is 0.413 e. The Bertz CT molecular complexity index is 682. The predicted molar refractivity (Wildman–Crippen MR) is 104 cm³/mol. The number of carbonyl (C=O) groups is 1. The van der Waals surface area contributed by atoms with Crippen molar-refractivity contribution in [3.05, 3.63) is 35.9 Å². The lowest BCUT2D eigenvalue weighted by Gasteiger charge is -2.32. The van der Waals surface area contributed by atoms with Crippen molar-refractivity contribution in [3.63, 3.8) is 0 Å². The SMILES string of the molecule is CC(C)(C)OC(=O)N1[C@@H]([C@@H](O)C#C[Si](C)(C)C)OC[C@H]1c1ccccc1. The van der Waals surface area contributed by atoms with Crippen LogP contribution in [-0.2, 0) is 9.47 Å². The Labute approximate surface area is 157 Å². The lowest BCUT2D eigenvalue weighted by molar-refractivity contribution is -0.0520. The van der Waals surface area contributed by atoms with Gasteiger partial charge in [-0.3, -0.25) is 4.90 Å². The molecule has 0 bridgehead atoms. The Kier molecular flexibility index (Phi) is 6.17. The van der Waals surface area contributed by atoms with Crippen molar-refractivity contribution in [2.75, 3.05) is 6.61 Å². The molecular weight excluding hydrogens is 346 g/mol. The van der Waals surface area contributed by atoms with Gasteiger partial charge in [0.05, 0.1) is 12.6 Å². The third kappa shape index (κ3) is 5.60. The molecule has 1 aromatic rings. The summed E-state index contributed by atoms with van der Waals surface area (Å²) in [5.41, 5.74) is 3.44. The fourth-order valence-corrected chi connectivity index (χ4v) is 3.19. The van der Waals surface area contributed by atoms with Gasteiger partial charge in [0.2, 0.25) is 0 Å². The molecule has 1 fully saturated rings. The minimum atomic E-state index is -1.65. The van der Waals surface area contributed by atoms with E-state index in [-0.39, 0.29) is 6.04 Å². The summed E-state index contributed by atoms with van der Waals surface area (Å²) >= 11 is 0. The van der Waals surface area contributed by atoms with Crippen molar-refractivity contribution in [2.45, 2.75) is 64.4 Å². The summed E-state index contributed by atoms with van der Waals surface area (Å²) in [6.45, 7) is 12.0. The maximum Gasteiger partial charge on any atom is 0.413 e. The zero-order valence-corrected chi connectivity index (χ0v) is 17.4. The highest BCUT2D eigenvalue weighted by molar-refractivity contribution is 6.83. The molecule has 0 spiro atoms. The molecule has 26 heavy (non-hydrogen) atoms. The molecule has 0 aliphatic carbocycles. The van der Waals surface area contributed by atoms with Gasteiger partial charge in [0, 0.05) is 0 Å². The lowest BCUT2D eigenvalue weighted by Crippen LogP contribution is -2.46. The molecule has 1 heterocycles. The molecule has 0 radical (unpaired) electrons. The van der Waals surface area contributed by atoms with Gasteiger partial charge in [0.1, 0.15) is 13.7 Å². The number of benzene rings is 1. The summed E-state index contributed by atoms with van der Waals surface area (Å²) in [5, 5.41) is 10.6. The average molecular weight is 376 g/mol. The van der Waals surface area contributed by atoms with Crippen LogP contribution < -0.4 is 0 Å². The number of ether oxygens (including phenoxy) is 2. The monoisotopic (exact) mass is 375 g/mol. The largest absolute Gasteiger partial charge is 0.444 e. The first-order valence-electron chi connectivity index (χ1n) is 8.86. The van der Waals surface area contributed by atoms with Crippen LogP contribution in [0.15, 0.2) is 30.3 Å². The molecular formula is C20H29NO4Si.